The summed E-state index contributed by atoms with van der Waals surface area (Å²) in [6.45, 7) is -3.90. The maximum Gasteiger partial charge on any atom is 0.405 e. The standard InChI is InChI=1S/C9H8F5N5S2/c10-6(11)19-2-1-15-5(19)3-20-8-18-17-7(21-8)16-4-9(12,13)14/h1-2,6H,3-4H2,(H,16,17). The Labute approximate surface area is 123 Å². The molecule has 2 aromatic rings. The number of hydrogen-bond acceptors (Lipinski definition) is 6. The van der Waals surface area contributed by atoms with Crippen LogP contribution in [0.5, 0.6) is 0 Å². The van der Waals surface area contributed by atoms with Crippen LogP contribution in [0.2, 0.25) is 0 Å². The molecule has 0 amide bonds. The van der Waals surface area contributed by atoms with E-state index in [1.165, 1.54) is 6.20 Å². The molecule has 2 rings (SSSR count). The number of nitrogens with one attached hydrogen (secondary N) is 1. The Hall–Kier alpha value is -1.43. The van der Waals surface area contributed by atoms with Crippen LogP contribution in [0, 0.1) is 0 Å². The largest absolute Gasteiger partial charge is 0.405 e. The molecule has 0 aromatic carbocycles. The van der Waals surface area contributed by atoms with Gasteiger partial charge in [-0.05, 0) is 0 Å². The van der Waals surface area contributed by atoms with Crippen LogP contribution >= 0.6 is 23.1 Å². The average molecular weight is 345 g/mol. The number of hydrogen-bond donors (Lipinski definition) is 1. The zero-order valence-corrected chi connectivity index (χ0v) is 11.8. The van der Waals surface area contributed by atoms with Crippen molar-refractivity contribution in [3.8, 4) is 0 Å². The van der Waals surface area contributed by atoms with E-state index in [4.69, 9.17) is 0 Å². The second-order valence-electron chi connectivity index (χ2n) is 3.66. The summed E-state index contributed by atoms with van der Waals surface area (Å²) in [5.74, 6) is 0.264. The van der Waals surface area contributed by atoms with Crippen LogP contribution in [0.3, 0.4) is 0 Å². The van der Waals surface area contributed by atoms with Gasteiger partial charge in [0.05, 0.1) is 5.75 Å². The number of aromatic nitrogens is 4. The summed E-state index contributed by atoms with van der Waals surface area (Å²) in [6.07, 6.45) is -1.95. The smallest absolute Gasteiger partial charge is 0.351 e. The van der Waals surface area contributed by atoms with Crippen LogP contribution in [0.15, 0.2) is 16.7 Å². The maximum absolute atomic E-state index is 12.6. The minimum Gasteiger partial charge on any atom is -0.351 e. The monoisotopic (exact) mass is 345 g/mol. The van der Waals surface area contributed by atoms with Gasteiger partial charge in [-0.25, -0.2) is 4.98 Å². The van der Waals surface area contributed by atoms with Gasteiger partial charge in [0.1, 0.15) is 12.4 Å². The van der Waals surface area contributed by atoms with Crippen molar-refractivity contribution < 1.29 is 22.0 Å². The van der Waals surface area contributed by atoms with Crippen molar-refractivity contribution in [2.75, 3.05) is 11.9 Å². The maximum atomic E-state index is 12.6. The van der Waals surface area contributed by atoms with Gasteiger partial charge in [-0.1, -0.05) is 23.1 Å². The molecule has 2 aromatic heterocycles. The fraction of sp³-hybridized carbons (Fsp3) is 0.444. The molecule has 0 aliphatic heterocycles. The third-order valence-electron chi connectivity index (χ3n) is 2.13. The highest BCUT2D eigenvalue weighted by atomic mass is 32.2. The van der Waals surface area contributed by atoms with Crippen LogP contribution in [0.4, 0.5) is 27.1 Å². The molecule has 0 saturated heterocycles. The summed E-state index contributed by atoms with van der Waals surface area (Å²) in [6, 6.07) is 0. The lowest BCUT2D eigenvalue weighted by Crippen LogP contribution is -2.21. The van der Waals surface area contributed by atoms with Gasteiger partial charge >= 0.3 is 12.7 Å². The molecule has 0 fully saturated rings. The Morgan fingerprint density at radius 1 is 1.33 bits per heavy atom. The van der Waals surface area contributed by atoms with Gasteiger partial charge in [-0.2, -0.15) is 22.0 Å². The number of thioether (sulfide) groups is 1. The molecule has 5 nitrogen and oxygen atoms in total. The van der Waals surface area contributed by atoms with E-state index in [9.17, 15) is 22.0 Å². The number of nitrogens with zero attached hydrogens (tertiary/aromatic N) is 4. The highest BCUT2D eigenvalue weighted by Gasteiger charge is 2.27. The van der Waals surface area contributed by atoms with Crippen LogP contribution in [0.1, 0.15) is 12.4 Å². The van der Waals surface area contributed by atoms with E-state index >= 15 is 0 Å². The third-order valence-corrected chi connectivity index (χ3v) is 4.14. The first-order valence-corrected chi connectivity index (χ1v) is 7.22. The lowest BCUT2D eigenvalue weighted by molar-refractivity contribution is -0.115. The fourth-order valence-electron chi connectivity index (χ4n) is 1.28. The molecule has 0 atom stereocenters. The Morgan fingerprint density at radius 3 is 2.76 bits per heavy atom. The first kappa shape index (κ1) is 15.9. The van der Waals surface area contributed by atoms with Gasteiger partial charge < -0.3 is 5.32 Å². The second kappa shape index (κ2) is 6.56. The Morgan fingerprint density at radius 2 is 2.10 bits per heavy atom. The molecule has 0 unspecified atom stereocenters. The van der Waals surface area contributed by atoms with E-state index in [1.807, 2.05) is 0 Å². The fourth-order valence-corrected chi connectivity index (χ4v) is 2.97. The molecular weight excluding hydrogens is 337 g/mol. The highest BCUT2D eigenvalue weighted by Crippen LogP contribution is 2.29. The predicted octanol–water partition coefficient (Wildman–Crippen LogP) is 3.40. The van der Waals surface area contributed by atoms with Gasteiger partial charge in [0.15, 0.2) is 4.34 Å². The highest BCUT2D eigenvalue weighted by molar-refractivity contribution is 8.00. The first-order chi connectivity index (χ1) is 9.85. The number of rotatable bonds is 6. The van der Waals surface area contributed by atoms with Crippen molar-refractivity contribution in [3.05, 3.63) is 18.2 Å². The number of halogens is 5. The third kappa shape index (κ3) is 4.81. The van der Waals surface area contributed by atoms with E-state index in [1.54, 1.807) is 0 Å². The van der Waals surface area contributed by atoms with Gasteiger partial charge in [0, 0.05) is 12.4 Å². The van der Waals surface area contributed by atoms with Crippen molar-refractivity contribution >= 4 is 28.2 Å². The predicted molar refractivity (Wildman–Crippen MR) is 67.5 cm³/mol. The molecule has 2 heterocycles. The van der Waals surface area contributed by atoms with Crippen molar-refractivity contribution in [3.63, 3.8) is 0 Å². The topological polar surface area (TPSA) is 55.6 Å². The summed E-state index contributed by atoms with van der Waals surface area (Å²) in [7, 11) is 0. The molecule has 116 valence electrons. The number of alkyl halides is 5. The summed E-state index contributed by atoms with van der Waals surface area (Å²) in [5, 5.41) is 9.32. The second-order valence-corrected chi connectivity index (χ2v) is 5.86. The molecule has 0 radical (unpaired) electrons. The van der Waals surface area contributed by atoms with Crippen molar-refractivity contribution in [1.82, 2.24) is 19.7 Å². The number of imidazole rings is 1. The van der Waals surface area contributed by atoms with Crippen molar-refractivity contribution in [1.29, 1.82) is 0 Å². The Bertz CT molecular complexity index is 581. The van der Waals surface area contributed by atoms with E-state index < -0.39 is 19.3 Å². The van der Waals surface area contributed by atoms with Crippen LogP contribution in [-0.2, 0) is 5.75 Å². The van der Waals surface area contributed by atoms with Crippen LogP contribution < -0.4 is 5.32 Å². The normalized spacial score (nSPS) is 12.1. The lowest BCUT2D eigenvalue weighted by Gasteiger charge is -2.05. The van der Waals surface area contributed by atoms with Gasteiger partial charge in [-0.3, -0.25) is 4.57 Å². The minimum absolute atomic E-state index is 0.0204. The zero-order valence-electron chi connectivity index (χ0n) is 10.1. The molecule has 1 N–H and O–H groups in total. The Kier molecular flexibility index (Phi) is 4.98. The quantitative estimate of drug-likeness (QED) is 0.642. The first-order valence-electron chi connectivity index (χ1n) is 5.42. The van der Waals surface area contributed by atoms with Gasteiger partial charge in [-0.15, -0.1) is 10.2 Å². The average Bonchev–Trinajstić information content (AvgIpc) is 3.02. The molecular formula is C9H8F5N5S2. The van der Waals surface area contributed by atoms with Crippen molar-refractivity contribution in [2.24, 2.45) is 0 Å². The van der Waals surface area contributed by atoms with E-state index in [0.717, 1.165) is 29.3 Å². The van der Waals surface area contributed by atoms with E-state index in [2.05, 4.69) is 20.5 Å². The molecule has 0 aliphatic carbocycles. The molecule has 0 aliphatic rings. The van der Waals surface area contributed by atoms with Crippen molar-refractivity contribution in [2.45, 2.75) is 22.8 Å². The summed E-state index contributed by atoms with van der Waals surface area (Å²) in [4.78, 5) is 3.78. The van der Waals surface area contributed by atoms with Gasteiger partial charge in [0.2, 0.25) is 5.13 Å². The summed E-state index contributed by atoms with van der Waals surface area (Å²) < 4.78 is 62.2. The summed E-state index contributed by atoms with van der Waals surface area (Å²) in [5.41, 5.74) is 0. The van der Waals surface area contributed by atoms with E-state index in [0.29, 0.717) is 8.91 Å². The van der Waals surface area contributed by atoms with Gasteiger partial charge in [0.25, 0.3) is 0 Å². The molecule has 12 heteroatoms. The summed E-state index contributed by atoms with van der Waals surface area (Å²) >= 11 is 1.99. The minimum atomic E-state index is -4.35. The molecule has 0 bridgehead atoms. The lowest BCUT2D eigenvalue weighted by atomic mass is 10.6. The van der Waals surface area contributed by atoms with Crippen LogP contribution in [-0.4, -0.2) is 32.5 Å². The zero-order chi connectivity index (χ0) is 15.5. The SMILES string of the molecule is FC(F)n1ccnc1CSc1nnc(NCC(F)(F)F)s1. The molecule has 0 saturated carbocycles. The number of anilines is 1. The van der Waals surface area contributed by atoms with Crippen LogP contribution in [0.25, 0.3) is 0 Å². The molecule has 21 heavy (non-hydrogen) atoms. The molecule has 0 spiro atoms. The Balaban J connectivity index is 1.89. The van der Waals surface area contributed by atoms with E-state index in [-0.39, 0.29) is 16.7 Å².